The number of carbonyl (C=O) groups excluding carboxylic acids is 1. The zero-order valence-corrected chi connectivity index (χ0v) is 15.2. The van der Waals surface area contributed by atoms with Crippen LogP contribution in [0, 0.1) is 5.92 Å². The zero-order chi connectivity index (χ0) is 17.2. The van der Waals surface area contributed by atoms with Gasteiger partial charge in [0.2, 0.25) is 6.41 Å². The summed E-state index contributed by atoms with van der Waals surface area (Å²) in [6.07, 6.45) is 8.12. The van der Waals surface area contributed by atoms with Crippen molar-refractivity contribution in [2.45, 2.75) is 30.3 Å². The summed E-state index contributed by atoms with van der Waals surface area (Å²) in [5.74, 6) is 1.44. The van der Waals surface area contributed by atoms with E-state index in [4.69, 9.17) is 4.74 Å². The van der Waals surface area contributed by atoms with E-state index < -0.39 is 0 Å². The molecule has 5 heteroatoms. The Labute approximate surface area is 152 Å². The molecule has 25 heavy (non-hydrogen) atoms. The van der Waals surface area contributed by atoms with Crippen LogP contribution in [0.3, 0.4) is 0 Å². The van der Waals surface area contributed by atoms with Gasteiger partial charge in [-0.1, -0.05) is 12.1 Å². The molecular weight excluding hydrogens is 332 g/mol. The number of hydrogen-bond acceptors (Lipinski definition) is 4. The van der Waals surface area contributed by atoms with Crippen LogP contribution in [0.2, 0.25) is 0 Å². The summed E-state index contributed by atoms with van der Waals surface area (Å²) in [6.45, 7) is 1.69. The van der Waals surface area contributed by atoms with Gasteiger partial charge in [-0.2, -0.15) is 0 Å². The van der Waals surface area contributed by atoms with Crippen molar-refractivity contribution in [3.63, 3.8) is 0 Å². The molecule has 0 aliphatic carbocycles. The van der Waals surface area contributed by atoms with Gasteiger partial charge in [0, 0.05) is 35.5 Å². The standard InChI is InChI=1S/C20H22N2O2S/c1-25-17-4-2-14(3-5-17)18-10-16-11-19(24-20(16)12-21-18)15-6-8-22(13-23)9-7-15/h2-5,10,12-13,15,19H,6-9,11H2,1H3. The molecule has 0 radical (unpaired) electrons. The second-order valence-electron chi connectivity index (χ2n) is 6.75. The predicted octanol–water partition coefficient (Wildman–Crippen LogP) is 3.64. The van der Waals surface area contributed by atoms with Crippen LogP contribution in [-0.2, 0) is 11.2 Å². The number of rotatable bonds is 4. The van der Waals surface area contributed by atoms with Crippen LogP contribution >= 0.6 is 11.8 Å². The lowest BCUT2D eigenvalue weighted by molar-refractivity contribution is -0.119. The molecule has 0 saturated carbocycles. The normalized spacial score (nSPS) is 20.2. The molecule has 130 valence electrons. The van der Waals surface area contributed by atoms with Crippen LogP contribution in [0.1, 0.15) is 18.4 Å². The fourth-order valence-corrected chi connectivity index (χ4v) is 4.16. The fourth-order valence-electron chi connectivity index (χ4n) is 3.75. The van der Waals surface area contributed by atoms with Crippen molar-refractivity contribution < 1.29 is 9.53 Å². The quantitative estimate of drug-likeness (QED) is 0.621. The van der Waals surface area contributed by atoms with Gasteiger partial charge in [0.1, 0.15) is 11.9 Å². The fraction of sp³-hybridized carbons (Fsp3) is 0.400. The lowest BCUT2D eigenvalue weighted by atomic mass is 9.89. The topological polar surface area (TPSA) is 42.4 Å². The average Bonchev–Trinajstić information content (AvgIpc) is 3.11. The number of aromatic nitrogens is 1. The minimum absolute atomic E-state index is 0.222. The van der Waals surface area contributed by atoms with Crippen LogP contribution in [-0.4, -0.2) is 41.7 Å². The molecule has 1 atom stereocenters. The average molecular weight is 354 g/mol. The minimum Gasteiger partial charge on any atom is -0.488 e. The molecule has 1 amide bonds. The van der Waals surface area contributed by atoms with E-state index in [1.165, 1.54) is 10.5 Å². The van der Waals surface area contributed by atoms with Crippen molar-refractivity contribution >= 4 is 18.2 Å². The third kappa shape index (κ3) is 3.38. The van der Waals surface area contributed by atoms with E-state index in [0.29, 0.717) is 5.92 Å². The highest BCUT2D eigenvalue weighted by Crippen LogP contribution is 2.36. The lowest BCUT2D eigenvalue weighted by Gasteiger charge is -2.32. The summed E-state index contributed by atoms with van der Waals surface area (Å²) in [5.41, 5.74) is 3.40. The Kier molecular flexibility index (Phi) is 4.66. The number of thioether (sulfide) groups is 1. The molecule has 2 aliphatic heterocycles. The molecule has 1 saturated heterocycles. The number of nitrogens with zero attached hydrogens (tertiary/aromatic N) is 2. The number of pyridine rings is 1. The van der Waals surface area contributed by atoms with Gasteiger partial charge in [0.15, 0.2) is 0 Å². The SMILES string of the molecule is CSc1ccc(-c2cc3c(cn2)OC(C2CCN(C=O)CC2)C3)cc1. The number of likely N-dealkylation sites (tertiary alicyclic amines) is 1. The molecule has 1 aromatic carbocycles. The number of piperidine rings is 1. The molecule has 2 aromatic rings. The van der Waals surface area contributed by atoms with E-state index >= 15 is 0 Å². The summed E-state index contributed by atoms with van der Waals surface area (Å²) in [5, 5.41) is 0. The Hall–Kier alpha value is -2.01. The van der Waals surface area contributed by atoms with Crippen LogP contribution in [0.4, 0.5) is 0 Å². The third-order valence-corrected chi connectivity index (χ3v) is 6.03. The highest BCUT2D eigenvalue weighted by atomic mass is 32.2. The molecule has 2 aliphatic rings. The van der Waals surface area contributed by atoms with Crippen LogP contribution in [0.25, 0.3) is 11.3 Å². The summed E-state index contributed by atoms with van der Waals surface area (Å²) < 4.78 is 6.17. The van der Waals surface area contributed by atoms with Gasteiger partial charge in [-0.3, -0.25) is 9.78 Å². The van der Waals surface area contributed by atoms with Crippen molar-refractivity contribution in [3.8, 4) is 17.0 Å². The van der Waals surface area contributed by atoms with Crippen molar-refractivity contribution in [1.29, 1.82) is 0 Å². The maximum absolute atomic E-state index is 10.9. The Bertz CT molecular complexity index is 755. The summed E-state index contributed by atoms with van der Waals surface area (Å²) in [6, 6.07) is 10.7. The van der Waals surface area contributed by atoms with E-state index in [9.17, 15) is 4.79 Å². The number of carbonyl (C=O) groups is 1. The first-order valence-corrected chi connectivity index (χ1v) is 9.98. The van der Waals surface area contributed by atoms with Gasteiger partial charge >= 0.3 is 0 Å². The number of benzene rings is 1. The Morgan fingerprint density at radius 1 is 1.24 bits per heavy atom. The van der Waals surface area contributed by atoms with Crippen molar-refractivity contribution in [2.24, 2.45) is 5.92 Å². The molecular formula is C20H22N2O2S. The molecule has 1 fully saturated rings. The van der Waals surface area contributed by atoms with Gasteiger partial charge in [-0.05, 0) is 43.2 Å². The molecule has 0 bridgehead atoms. The van der Waals surface area contributed by atoms with Crippen LogP contribution < -0.4 is 4.74 Å². The van der Waals surface area contributed by atoms with Gasteiger partial charge in [-0.15, -0.1) is 11.8 Å². The minimum atomic E-state index is 0.222. The monoisotopic (exact) mass is 354 g/mol. The van der Waals surface area contributed by atoms with Crippen molar-refractivity contribution in [2.75, 3.05) is 19.3 Å². The summed E-state index contributed by atoms with van der Waals surface area (Å²) >= 11 is 1.74. The van der Waals surface area contributed by atoms with E-state index in [1.807, 2.05) is 11.1 Å². The number of ether oxygens (including phenoxy) is 1. The number of amides is 1. The first-order chi connectivity index (χ1) is 12.3. The van der Waals surface area contributed by atoms with Gasteiger partial charge < -0.3 is 9.64 Å². The van der Waals surface area contributed by atoms with Crippen LogP contribution in [0.15, 0.2) is 41.4 Å². The summed E-state index contributed by atoms with van der Waals surface area (Å²) in [4.78, 5) is 18.6. The lowest BCUT2D eigenvalue weighted by Crippen LogP contribution is -2.38. The molecule has 3 heterocycles. The predicted molar refractivity (Wildman–Crippen MR) is 99.9 cm³/mol. The van der Waals surface area contributed by atoms with E-state index in [1.54, 1.807) is 11.8 Å². The molecule has 1 unspecified atom stereocenters. The second-order valence-corrected chi connectivity index (χ2v) is 7.62. The molecule has 4 rings (SSSR count). The zero-order valence-electron chi connectivity index (χ0n) is 14.4. The number of fused-ring (bicyclic) bond motifs is 1. The highest BCUT2D eigenvalue weighted by molar-refractivity contribution is 7.98. The Balaban J connectivity index is 1.47. The first kappa shape index (κ1) is 16.5. The maximum atomic E-state index is 10.9. The molecule has 0 N–H and O–H groups in total. The number of hydrogen-bond donors (Lipinski definition) is 0. The second kappa shape index (κ2) is 7.08. The van der Waals surface area contributed by atoms with E-state index in [-0.39, 0.29) is 6.10 Å². The van der Waals surface area contributed by atoms with Gasteiger partial charge in [-0.25, -0.2) is 0 Å². The molecule has 0 spiro atoms. The largest absolute Gasteiger partial charge is 0.488 e. The van der Waals surface area contributed by atoms with Crippen molar-refractivity contribution in [3.05, 3.63) is 42.1 Å². The Morgan fingerprint density at radius 2 is 2.00 bits per heavy atom. The maximum Gasteiger partial charge on any atom is 0.209 e. The van der Waals surface area contributed by atoms with E-state index in [0.717, 1.165) is 55.8 Å². The summed E-state index contributed by atoms with van der Waals surface area (Å²) in [7, 11) is 0. The highest BCUT2D eigenvalue weighted by Gasteiger charge is 2.33. The van der Waals surface area contributed by atoms with Crippen molar-refractivity contribution in [1.82, 2.24) is 9.88 Å². The Morgan fingerprint density at radius 3 is 2.68 bits per heavy atom. The molecule has 1 aromatic heterocycles. The van der Waals surface area contributed by atoms with Gasteiger partial charge in [0.05, 0.1) is 11.9 Å². The van der Waals surface area contributed by atoms with E-state index in [2.05, 4.69) is 41.6 Å². The third-order valence-electron chi connectivity index (χ3n) is 5.28. The van der Waals surface area contributed by atoms with Crippen LogP contribution in [0.5, 0.6) is 5.75 Å². The first-order valence-electron chi connectivity index (χ1n) is 8.76. The molecule has 4 nitrogen and oxygen atoms in total. The smallest absolute Gasteiger partial charge is 0.209 e. The van der Waals surface area contributed by atoms with Gasteiger partial charge in [0.25, 0.3) is 0 Å².